The summed E-state index contributed by atoms with van der Waals surface area (Å²) in [6.07, 6.45) is 6.17. The van der Waals surface area contributed by atoms with Crippen molar-refractivity contribution in [1.29, 1.82) is 0 Å². The molecule has 0 saturated carbocycles. The Morgan fingerprint density at radius 1 is 0.944 bits per heavy atom. The van der Waals surface area contributed by atoms with Crippen LogP contribution >= 0.6 is 0 Å². The van der Waals surface area contributed by atoms with Crippen molar-refractivity contribution in [3.8, 4) is 5.69 Å². The first kappa shape index (κ1) is 23.7. The van der Waals surface area contributed by atoms with Crippen LogP contribution in [0.5, 0.6) is 0 Å². The minimum Gasteiger partial charge on any atom is -0.367 e. The van der Waals surface area contributed by atoms with E-state index >= 15 is 0 Å². The van der Waals surface area contributed by atoms with E-state index in [-0.39, 0.29) is 11.7 Å². The van der Waals surface area contributed by atoms with E-state index in [1.807, 2.05) is 36.7 Å². The van der Waals surface area contributed by atoms with Gasteiger partial charge < -0.3 is 10.2 Å². The van der Waals surface area contributed by atoms with Crippen LogP contribution in [0.15, 0.2) is 79.3 Å². The van der Waals surface area contributed by atoms with Gasteiger partial charge >= 0.3 is 0 Å². The number of hydrogen-bond donors (Lipinski definition) is 1. The van der Waals surface area contributed by atoms with Crippen LogP contribution < -0.4 is 10.2 Å². The summed E-state index contributed by atoms with van der Waals surface area (Å²) in [6.45, 7) is 6.47. The third-order valence-corrected chi connectivity index (χ3v) is 6.67. The second-order valence-corrected chi connectivity index (χ2v) is 8.91. The van der Waals surface area contributed by atoms with E-state index in [9.17, 15) is 9.18 Å². The molecule has 5 rings (SSSR count). The van der Waals surface area contributed by atoms with Crippen LogP contribution in [0.3, 0.4) is 0 Å². The van der Waals surface area contributed by atoms with Crippen molar-refractivity contribution < 1.29 is 9.18 Å². The number of halogens is 1. The Balaban J connectivity index is 1.24. The van der Waals surface area contributed by atoms with Gasteiger partial charge in [-0.1, -0.05) is 24.3 Å². The zero-order valence-electron chi connectivity index (χ0n) is 20.3. The summed E-state index contributed by atoms with van der Waals surface area (Å²) >= 11 is 0. The fourth-order valence-electron chi connectivity index (χ4n) is 4.59. The number of nitrogens with zero attached hydrogens (tertiary/aromatic N) is 5. The lowest BCUT2D eigenvalue weighted by molar-refractivity contribution is 0.102. The van der Waals surface area contributed by atoms with Crippen molar-refractivity contribution in [3.05, 3.63) is 102 Å². The first-order chi connectivity index (χ1) is 17.6. The number of pyridine rings is 1. The number of aromatic nitrogens is 3. The van der Waals surface area contributed by atoms with Gasteiger partial charge in [-0.05, 0) is 55.3 Å². The molecule has 1 aliphatic heterocycles. The molecule has 1 fully saturated rings. The molecule has 2 aromatic heterocycles. The van der Waals surface area contributed by atoms with Crippen LogP contribution in [-0.2, 0) is 6.42 Å². The molecule has 0 atom stereocenters. The average Bonchev–Trinajstić information content (AvgIpc) is 3.30. The van der Waals surface area contributed by atoms with Crippen LogP contribution in [-0.4, -0.2) is 58.3 Å². The van der Waals surface area contributed by atoms with E-state index in [4.69, 9.17) is 0 Å². The average molecular weight is 485 g/mol. The minimum absolute atomic E-state index is 0.265. The molecule has 1 amide bonds. The highest BCUT2D eigenvalue weighted by molar-refractivity contribution is 6.06. The second-order valence-electron chi connectivity index (χ2n) is 8.91. The number of para-hydroxylation sites is 3. The molecule has 4 aromatic rings. The summed E-state index contributed by atoms with van der Waals surface area (Å²) in [5.74, 6) is -0.653. The van der Waals surface area contributed by atoms with Crippen molar-refractivity contribution in [2.45, 2.75) is 13.3 Å². The van der Waals surface area contributed by atoms with Gasteiger partial charge in [0, 0.05) is 45.1 Å². The van der Waals surface area contributed by atoms with Crippen LogP contribution in [0.4, 0.5) is 15.8 Å². The van der Waals surface area contributed by atoms with Gasteiger partial charge in [0.1, 0.15) is 11.5 Å². The van der Waals surface area contributed by atoms with E-state index in [1.54, 1.807) is 25.1 Å². The maximum absolute atomic E-state index is 14.3. The van der Waals surface area contributed by atoms with Crippen molar-refractivity contribution in [1.82, 2.24) is 19.7 Å². The second kappa shape index (κ2) is 10.7. The number of carbonyl (C=O) groups is 1. The third-order valence-electron chi connectivity index (χ3n) is 6.67. The normalized spacial score (nSPS) is 14.1. The highest BCUT2D eigenvalue weighted by atomic mass is 19.1. The number of rotatable bonds is 7. The van der Waals surface area contributed by atoms with Crippen LogP contribution in [0, 0.1) is 12.7 Å². The Morgan fingerprint density at radius 2 is 1.64 bits per heavy atom. The van der Waals surface area contributed by atoms with Crippen molar-refractivity contribution >= 4 is 17.3 Å². The maximum Gasteiger partial charge on any atom is 0.259 e. The summed E-state index contributed by atoms with van der Waals surface area (Å²) in [7, 11) is 0. The van der Waals surface area contributed by atoms with Crippen LogP contribution in [0.2, 0.25) is 0 Å². The predicted octanol–water partition coefficient (Wildman–Crippen LogP) is 4.33. The number of amides is 1. The van der Waals surface area contributed by atoms with Gasteiger partial charge in [-0.15, -0.1) is 0 Å². The molecular weight excluding hydrogens is 455 g/mol. The molecule has 0 radical (unpaired) electrons. The van der Waals surface area contributed by atoms with E-state index in [2.05, 4.69) is 37.3 Å². The van der Waals surface area contributed by atoms with Gasteiger partial charge in [-0.25, -0.2) is 9.07 Å². The summed E-state index contributed by atoms with van der Waals surface area (Å²) < 4.78 is 15.7. The van der Waals surface area contributed by atoms with Crippen LogP contribution in [0.1, 0.15) is 21.6 Å². The van der Waals surface area contributed by atoms with Crippen LogP contribution in [0.25, 0.3) is 5.69 Å². The molecule has 8 heteroatoms. The molecule has 0 bridgehead atoms. The molecule has 184 valence electrons. The highest BCUT2D eigenvalue weighted by Crippen LogP contribution is 2.28. The Labute approximate surface area is 210 Å². The topological polar surface area (TPSA) is 66.3 Å². The maximum atomic E-state index is 14.3. The summed E-state index contributed by atoms with van der Waals surface area (Å²) in [6, 6.07) is 18.4. The lowest BCUT2D eigenvalue weighted by Crippen LogP contribution is -2.47. The molecule has 0 unspecified atom stereocenters. The van der Waals surface area contributed by atoms with Gasteiger partial charge in [0.25, 0.3) is 5.91 Å². The van der Waals surface area contributed by atoms with Gasteiger partial charge in [0.05, 0.1) is 28.8 Å². The first-order valence-electron chi connectivity index (χ1n) is 12.2. The van der Waals surface area contributed by atoms with Gasteiger partial charge in [-0.3, -0.25) is 14.7 Å². The Kier molecular flexibility index (Phi) is 7.04. The SMILES string of the molecule is Cc1c(C(=O)Nc2ccccc2N2CCN(CCc3ccncc3)CC2)cnn1-c1ccccc1F. The fourth-order valence-corrected chi connectivity index (χ4v) is 4.59. The fraction of sp³-hybridized carbons (Fsp3) is 0.250. The summed E-state index contributed by atoms with van der Waals surface area (Å²) in [5, 5.41) is 7.32. The first-order valence-corrected chi connectivity index (χ1v) is 12.2. The molecule has 1 saturated heterocycles. The van der Waals surface area contributed by atoms with E-state index < -0.39 is 0 Å². The Hall–Kier alpha value is -4.04. The number of piperazine rings is 1. The molecule has 1 aliphatic rings. The Bertz CT molecular complexity index is 1330. The predicted molar refractivity (Wildman–Crippen MR) is 139 cm³/mol. The molecule has 3 heterocycles. The quantitative estimate of drug-likeness (QED) is 0.423. The molecule has 2 aromatic carbocycles. The highest BCUT2D eigenvalue weighted by Gasteiger charge is 2.22. The standard InChI is InChI=1S/C28H29FN6O/c1-21-23(20-31-35(21)26-8-4-2-6-24(26)29)28(36)32-25-7-3-5-9-27(25)34-18-16-33(17-19-34)15-12-22-10-13-30-14-11-22/h2-11,13-14,20H,12,15-19H2,1H3,(H,32,36). The zero-order valence-corrected chi connectivity index (χ0v) is 20.3. The third kappa shape index (κ3) is 5.13. The lowest BCUT2D eigenvalue weighted by Gasteiger charge is -2.37. The Morgan fingerprint density at radius 3 is 2.39 bits per heavy atom. The van der Waals surface area contributed by atoms with Crippen molar-refractivity contribution in [2.24, 2.45) is 0 Å². The van der Waals surface area contributed by atoms with E-state index in [1.165, 1.54) is 22.5 Å². The van der Waals surface area contributed by atoms with Crippen molar-refractivity contribution in [3.63, 3.8) is 0 Å². The summed E-state index contributed by atoms with van der Waals surface area (Å²) in [5.41, 5.74) is 4.36. The lowest BCUT2D eigenvalue weighted by atomic mass is 10.1. The molecular formula is C28H29FN6O. The van der Waals surface area contributed by atoms with Gasteiger partial charge in [-0.2, -0.15) is 5.10 Å². The van der Waals surface area contributed by atoms with Crippen molar-refractivity contribution in [2.75, 3.05) is 42.9 Å². The zero-order chi connectivity index (χ0) is 24.9. The van der Waals surface area contributed by atoms with Gasteiger partial charge in [0.15, 0.2) is 0 Å². The number of benzene rings is 2. The number of hydrogen-bond acceptors (Lipinski definition) is 5. The number of carbonyl (C=O) groups excluding carboxylic acids is 1. The number of anilines is 2. The number of nitrogens with one attached hydrogen (secondary N) is 1. The molecule has 1 N–H and O–H groups in total. The van der Waals surface area contributed by atoms with E-state index in [0.29, 0.717) is 16.9 Å². The van der Waals surface area contributed by atoms with E-state index in [0.717, 1.165) is 50.5 Å². The molecule has 0 spiro atoms. The molecule has 7 nitrogen and oxygen atoms in total. The smallest absolute Gasteiger partial charge is 0.259 e. The minimum atomic E-state index is -0.388. The molecule has 36 heavy (non-hydrogen) atoms. The summed E-state index contributed by atoms with van der Waals surface area (Å²) in [4.78, 5) is 22.1. The molecule has 0 aliphatic carbocycles. The monoisotopic (exact) mass is 484 g/mol. The largest absolute Gasteiger partial charge is 0.367 e. The van der Waals surface area contributed by atoms with Gasteiger partial charge in [0.2, 0.25) is 0 Å².